The summed E-state index contributed by atoms with van der Waals surface area (Å²) >= 11 is 0. The molecule has 2 amide bonds. The maximum Gasteiger partial charge on any atom is 0.278 e. The van der Waals surface area contributed by atoms with E-state index in [4.69, 9.17) is 19.7 Å². The highest BCUT2D eigenvalue weighted by Gasteiger charge is 2.72. The van der Waals surface area contributed by atoms with E-state index in [0.29, 0.717) is 61.3 Å². The number of aromatic nitrogens is 5. The quantitative estimate of drug-likeness (QED) is 0.319. The smallest absolute Gasteiger partial charge is 0.278 e. The van der Waals surface area contributed by atoms with Gasteiger partial charge in [0.1, 0.15) is 17.8 Å². The largest absolute Gasteiger partial charge is 0.482 e. The third kappa shape index (κ3) is 5.18. The molecule has 2 atom stereocenters. The number of alkyl halides is 2. The Balaban J connectivity index is 1.06. The van der Waals surface area contributed by atoms with Crippen molar-refractivity contribution in [2.45, 2.75) is 102 Å². The van der Waals surface area contributed by atoms with Crippen molar-refractivity contribution in [1.82, 2.24) is 34.8 Å². The number of carbonyl (C=O) groups is 2. The zero-order valence-electron chi connectivity index (χ0n) is 30.2. The molecule has 282 valence electrons. The third-order valence-electron chi connectivity index (χ3n) is 12.8. The number of H-pyrrole nitrogens is 1. The van der Waals surface area contributed by atoms with Gasteiger partial charge in [0.15, 0.2) is 11.2 Å². The van der Waals surface area contributed by atoms with Crippen molar-refractivity contribution in [1.29, 1.82) is 0 Å². The van der Waals surface area contributed by atoms with E-state index in [1.807, 2.05) is 22.5 Å². The van der Waals surface area contributed by atoms with Gasteiger partial charge in [-0.2, -0.15) is 4.80 Å². The molecule has 0 spiro atoms. The van der Waals surface area contributed by atoms with Gasteiger partial charge in [-0.1, -0.05) is 6.92 Å². The van der Waals surface area contributed by atoms with E-state index in [2.05, 4.69) is 10.3 Å². The van der Waals surface area contributed by atoms with E-state index in [0.717, 1.165) is 30.9 Å². The number of anilines is 1. The molecule has 2 aliphatic heterocycles. The Hall–Kier alpha value is -4.60. The van der Waals surface area contributed by atoms with Gasteiger partial charge in [0.05, 0.1) is 37.8 Å². The lowest BCUT2D eigenvalue weighted by Crippen LogP contribution is -2.75. The first-order chi connectivity index (χ1) is 25.5. The zero-order valence-corrected chi connectivity index (χ0v) is 30.2. The molecule has 5 heterocycles. The number of ether oxygens (including phenoxy) is 2. The number of carbonyl (C=O) groups excluding carboxylic acids is 2. The highest BCUT2D eigenvalue weighted by atomic mass is 19.3. The predicted molar refractivity (Wildman–Crippen MR) is 189 cm³/mol. The lowest BCUT2D eigenvalue weighted by Gasteiger charge is -2.71. The molecule has 5 saturated carbocycles. The van der Waals surface area contributed by atoms with E-state index in [9.17, 15) is 28.0 Å². The van der Waals surface area contributed by atoms with Crippen LogP contribution in [0.4, 0.5) is 14.5 Å². The minimum absolute atomic E-state index is 0.0188. The van der Waals surface area contributed by atoms with Gasteiger partial charge in [-0.15, -0.1) is 10.2 Å². The van der Waals surface area contributed by atoms with Gasteiger partial charge < -0.3 is 34.1 Å². The second-order valence-corrected chi connectivity index (χ2v) is 15.8. The number of methoxy groups -OCH3 is 1. The number of piperazine rings is 1. The molecule has 6 fully saturated rings. The summed E-state index contributed by atoms with van der Waals surface area (Å²) in [6.45, 7) is 4.56. The van der Waals surface area contributed by atoms with Crippen molar-refractivity contribution in [3.63, 3.8) is 0 Å². The number of amides is 2. The molecule has 53 heavy (non-hydrogen) atoms. The van der Waals surface area contributed by atoms with Crippen LogP contribution in [0.1, 0.15) is 92.0 Å². The van der Waals surface area contributed by atoms with Crippen LogP contribution in [0.15, 0.2) is 15.7 Å². The van der Waals surface area contributed by atoms with Crippen molar-refractivity contribution < 1.29 is 27.8 Å². The molecular weight excluding hydrogens is 690 g/mol. The molecule has 14 nitrogen and oxygen atoms in total. The predicted octanol–water partition coefficient (Wildman–Crippen LogP) is 3.30. The second kappa shape index (κ2) is 12.2. The van der Waals surface area contributed by atoms with Crippen molar-refractivity contribution >= 4 is 34.4 Å². The molecule has 2 N–H and O–H groups in total. The van der Waals surface area contributed by atoms with Gasteiger partial charge in [0.25, 0.3) is 12.3 Å². The molecule has 0 radical (unpaired) electrons. The van der Waals surface area contributed by atoms with E-state index in [-0.39, 0.29) is 71.1 Å². The number of nitrogens with one attached hydrogen (secondary N) is 2. The highest BCUT2D eigenvalue weighted by molar-refractivity contribution is 5.97. The summed E-state index contributed by atoms with van der Waals surface area (Å²) in [5, 5.41) is 12.8. The van der Waals surface area contributed by atoms with Crippen molar-refractivity contribution in [2.24, 2.45) is 11.3 Å². The van der Waals surface area contributed by atoms with E-state index < -0.39 is 23.5 Å². The maximum absolute atomic E-state index is 14.6. The molecule has 1 saturated heterocycles. The van der Waals surface area contributed by atoms with Crippen LogP contribution in [0.5, 0.6) is 5.88 Å². The first-order valence-electron chi connectivity index (χ1n) is 18.8. The number of pyridine rings is 2. The van der Waals surface area contributed by atoms with Gasteiger partial charge >= 0.3 is 0 Å². The van der Waals surface area contributed by atoms with Crippen LogP contribution in [-0.4, -0.2) is 92.3 Å². The fourth-order valence-electron chi connectivity index (χ4n) is 10.1. The van der Waals surface area contributed by atoms with Crippen LogP contribution in [-0.2, 0) is 22.5 Å². The summed E-state index contributed by atoms with van der Waals surface area (Å²) in [6.07, 6.45) is 6.96. The number of halogens is 2. The Kier molecular flexibility index (Phi) is 7.88. The molecular formula is C37H44F2N8O6. The lowest BCUT2D eigenvalue weighted by molar-refractivity contribution is -0.176. The molecule has 0 aromatic carbocycles. The Morgan fingerprint density at radius 1 is 1.09 bits per heavy atom. The van der Waals surface area contributed by atoms with Gasteiger partial charge in [-0.3, -0.25) is 19.2 Å². The SMILES string of the molecule is CCc1c(N2CCN(C(=O)c3c(OC)[nH]c(C(F)F)c(C)c3=O)[C@H]3CC[C@@H]32)c(=O)c2nn(C3=CCOCC3)nc2n1CC(=O)NC12CC(C3CC3)(C1)C2. The van der Waals surface area contributed by atoms with Gasteiger partial charge in [0, 0.05) is 42.3 Å². The Morgan fingerprint density at radius 2 is 1.85 bits per heavy atom. The fraction of sp³-hybridized carbons (Fsp3) is 0.622. The molecule has 3 aromatic heterocycles. The van der Waals surface area contributed by atoms with Crippen molar-refractivity contribution in [3.8, 4) is 5.88 Å². The molecule has 16 heteroatoms. The van der Waals surface area contributed by atoms with Gasteiger partial charge in [0.2, 0.25) is 22.6 Å². The minimum atomic E-state index is -2.95. The summed E-state index contributed by atoms with van der Waals surface area (Å²) in [6, 6.07) is -0.609. The van der Waals surface area contributed by atoms with Crippen LogP contribution in [0, 0.1) is 18.3 Å². The first-order valence-corrected chi connectivity index (χ1v) is 18.8. The lowest BCUT2D eigenvalue weighted by atomic mass is 9.37. The van der Waals surface area contributed by atoms with E-state index >= 15 is 0 Å². The minimum Gasteiger partial charge on any atom is -0.482 e. The Morgan fingerprint density at radius 3 is 2.47 bits per heavy atom. The number of fused-ring (bicyclic) bond motifs is 2. The normalized spacial score (nSPS) is 27.5. The Bertz CT molecular complexity index is 2180. The molecule has 5 aliphatic carbocycles. The van der Waals surface area contributed by atoms with Crippen molar-refractivity contribution in [3.05, 3.63) is 49.0 Å². The third-order valence-corrected chi connectivity index (χ3v) is 12.8. The van der Waals surface area contributed by atoms with E-state index in [1.54, 1.807) is 4.90 Å². The average Bonchev–Trinajstić information content (AvgIpc) is 3.84. The monoisotopic (exact) mass is 734 g/mol. The van der Waals surface area contributed by atoms with Crippen LogP contribution in [0.2, 0.25) is 0 Å². The zero-order chi connectivity index (χ0) is 37.0. The maximum atomic E-state index is 14.6. The molecule has 2 bridgehead atoms. The van der Waals surface area contributed by atoms with Crippen LogP contribution in [0.25, 0.3) is 16.9 Å². The van der Waals surface area contributed by atoms with Crippen LogP contribution < -0.4 is 25.8 Å². The standard InChI is InChI=1S/C37H44F2N8O6/c1-4-22-29(44-11-12-45(24-8-7-23(24)44)35(51)26-30(49)19(2)27(32(38)39)40-34(26)52-3)31(50)28-33(43-47(42-28)21-9-13-53-14-10-21)46(22)15-25(48)41-37-16-36(17-37,18-37)20-5-6-20/h9,20,23-24,32H,4-8,10-18H2,1-3H3,(H,40,49)(H,41,48)/t23-,24-,36?,37?/m0/s1. The Labute approximate surface area is 303 Å². The fourth-order valence-corrected chi connectivity index (χ4v) is 10.1. The topological polar surface area (TPSA) is 157 Å². The number of nitrogens with zero attached hydrogens (tertiary/aromatic N) is 6. The molecule has 0 unspecified atom stereocenters. The summed E-state index contributed by atoms with van der Waals surface area (Å²) in [7, 11) is 1.22. The number of aromatic amines is 1. The van der Waals surface area contributed by atoms with Crippen LogP contribution >= 0.6 is 0 Å². The van der Waals surface area contributed by atoms with E-state index in [1.165, 1.54) is 31.7 Å². The number of rotatable bonds is 10. The second-order valence-electron chi connectivity index (χ2n) is 15.8. The molecule has 7 aliphatic rings. The van der Waals surface area contributed by atoms with Crippen molar-refractivity contribution in [2.75, 3.05) is 38.3 Å². The summed E-state index contributed by atoms with van der Waals surface area (Å²) in [5.74, 6) is -0.217. The first kappa shape index (κ1) is 34.2. The number of hydrogen-bond acceptors (Lipinski definition) is 9. The summed E-state index contributed by atoms with van der Waals surface area (Å²) in [5.41, 5.74) is 0.485. The average molecular weight is 735 g/mol. The number of hydrogen-bond donors (Lipinski definition) is 2. The molecule has 10 rings (SSSR count). The van der Waals surface area contributed by atoms with Gasteiger partial charge in [-0.25, -0.2) is 8.78 Å². The van der Waals surface area contributed by atoms with Crippen LogP contribution in [0.3, 0.4) is 0 Å². The van der Waals surface area contributed by atoms with Gasteiger partial charge in [-0.05, 0) is 75.7 Å². The summed E-state index contributed by atoms with van der Waals surface area (Å²) in [4.78, 5) is 63.4. The highest BCUT2D eigenvalue weighted by Crippen LogP contribution is 2.75. The summed E-state index contributed by atoms with van der Waals surface area (Å²) < 4.78 is 39.9. The molecule has 3 aromatic rings.